The molecule has 1 fully saturated rings. The summed E-state index contributed by atoms with van der Waals surface area (Å²) in [4.78, 5) is 28.6. The zero-order valence-corrected chi connectivity index (χ0v) is 23.6. The summed E-state index contributed by atoms with van der Waals surface area (Å²) in [5, 5.41) is 3.18. The molecule has 4 rings (SSSR count). The van der Waals surface area contributed by atoms with Gasteiger partial charge in [-0.2, -0.15) is 0 Å². The van der Waals surface area contributed by atoms with Crippen molar-refractivity contribution >= 4 is 27.5 Å². The Hall–Kier alpha value is -3.27. The predicted octanol–water partition coefficient (Wildman–Crippen LogP) is 4.22. The molecule has 2 aromatic carbocycles. The van der Waals surface area contributed by atoms with Gasteiger partial charge in [0, 0.05) is 31.6 Å². The molecule has 1 N–H and O–H groups in total. The lowest BCUT2D eigenvalue weighted by Gasteiger charge is -2.33. The second kappa shape index (κ2) is 13.2. The van der Waals surface area contributed by atoms with Crippen molar-refractivity contribution in [3.05, 3.63) is 54.1 Å². The summed E-state index contributed by atoms with van der Waals surface area (Å²) in [6, 6.07) is 14.2. The molecule has 39 heavy (non-hydrogen) atoms. The van der Waals surface area contributed by atoms with E-state index in [2.05, 4.69) is 5.32 Å². The smallest absolute Gasteiger partial charge is 0.243 e. The highest BCUT2D eigenvalue weighted by atomic mass is 32.2. The van der Waals surface area contributed by atoms with Crippen LogP contribution < -0.4 is 19.1 Å². The fourth-order valence-electron chi connectivity index (χ4n) is 5.29. The third kappa shape index (κ3) is 7.65. The van der Waals surface area contributed by atoms with Crippen molar-refractivity contribution in [1.29, 1.82) is 0 Å². The summed E-state index contributed by atoms with van der Waals surface area (Å²) in [5.74, 6) is 0.757. The molecular formula is C29H39N3O6S. The lowest BCUT2D eigenvalue weighted by atomic mass is 9.95. The molecule has 2 aromatic rings. The summed E-state index contributed by atoms with van der Waals surface area (Å²) in [7, 11) is -3.61. The molecule has 0 spiro atoms. The fraction of sp³-hybridized carbons (Fsp3) is 0.517. The highest BCUT2D eigenvalue weighted by Gasteiger charge is 2.30. The number of rotatable bonds is 12. The van der Waals surface area contributed by atoms with Crippen LogP contribution in [0.4, 0.5) is 5.69 Å². The largest absolute Gasteiger partial charge is 0.454 e. The van der Waals surface area contributed by atoms with Crippen LogP contribution in [0.5, 0.6) is 11.5 Å². The van der Waals surface area contributed by atoms with Gasteiger partial charge in [0.15, 0.2) is 11.5 Å². The van der Waals surface area contributed by atoms with Gasteiger partial charge in [-0.3, -0.25) is 13.9 Å². The number of hydrogen-bond donors (Lipinski definition) is 1. The first-order valence-electron chi connectivity index (χ1n) is 13.8. The Morgan fingerprint density at radius 2 is 1.74 bits per heavy atom. The van der Waals surface area contributed by atoms with E-state index in [1.165, 1.54) is 10.7 Å². The second-order valence-electron chi connectivity index (χ2n) is 10.3. The summed E-state index contributed by atoms with van der Waals surface area (Å²) in [6.07, 6.45) is 7.38. The quantitative estimate of drug-likeness (QED) is 0.419. The van der Waals surface area contributed by atoms with Crippen molar-refractivity contribution in [2.45, 2.75) is 76.9 Å². The van der Waals surface area contributed by atoms with Crippen molar-refractivity contribution in [3.63, 3.8) is 0 Å². The maximum absolute atomic E-state index is 13.6. The zero-order valence-electron chi connectivity index (χ0n) is 22.8. The normalized spacial score (nSPS) is 15.9. The van der Waals surface area contributed by atoms with Gasteiger partial charge in [0.1, 0.15) is 6.04 Å². The minimum absolute atomic E-state index is 0.0936. The number of sulfonamides is 1. The maximum Gasteiger partial charge on any atom is 0.243 e. The molecule has 10 heteroatoms. The van der Waals surface area contributed by atoms with Gasteiger partial charge in [-0.25, -0.2) is 8.42 Å². The molecule has 0 radical (unpaired) electrons. The SMILES string of the molecule is CCC(C(=O)NC1CCCCC1)N(Cc1ccccc1)C(=O)CCCN(c1ccc2c(c1)OCO2)S(C)(=O)=O. The molecule has 0 saturated heterocycles. The van der Waals surface area contributed by atoms with Gasteiger partial charge >= 0.3 is 0 Å². The Morgan fingerprint density at radius 3 is 2.44 bits per heavy atom. The molecule has 1 saturated carbocycles. The number of anilines is 1. The van der Waals surface area contributed by atoms with E-state index in [-0.39, 0.29) is 37.6 Å². The number of fused-ring (bicyclic) bond motifs is 1. The lowest BCUT2D eigenvalue weighted by molar-refractivity contribution is -0.141. The van der Waals surface area contributed by atoms with E-state index in [1.54, 1.807) is 23.1 Å². The summed E-state index contributed by atoms with van der Waals surface area (Å²) >= 11 is 0. The average molecular weight is 558 g/mol. The number of carbonyl (C=O) groups excluding carboxylic acids is 2. The van der Waals surface area contributed by atoms with E-state index in [0.717, 1.165) is 37.5 Å². The first-order chi connectivity index (χ1) is 18.8. The number of nitrogens with zero attached hydrogens (tertiary/aromatic N) is 2. The maximum atomic E-state index is 13.6. The minimum Gasteiger partial charge on any atom is -0.454 e. The molecule has 9 nitrogen and oxygen atoms in total. The van der Waals surface area contributed by atoms with Crippen LogP contribution in [0, 0.1) is 0 Å². The van der Waals surface area contributed by atoms with Crippen molar-refractivity contribution < 1.29 is 27.5 Å². The first kappa shape index (κ1) is 28.7. The van der Waals surface area contributed by atoms with Crippen LogP contribution in [0.25, 0.3) is 0 Å². The van der Waals surface area contributed by atoms with E-state index in [9.17, 15) is 18.0 Å². The summed E-state index contributed by atoms with van der Waals surface area (Å²) in [6.45, 7) is 2.44. The Balaban J connectivity index is 1.46. The molecule has 1 atom stereocenters. The van der Waals surface area contributed by atoms with Crippen molar-refractivity contribution in [2.24, 2.45) is 0 Å². The molecule has 1 aliphatic carbocycles. The van der Waals surface area contributed by atoms with Crippen LogP contribution in [-0.4, -0.2) is 56.8 Å². The van der Waals surface area contributed by atoms with Crippen LogP contribution >= 0.6 is 0 Å². The Kier molecular flexibility index (Phi) is 9.72. The molecule has 2 aliphatic rings. The molecule has 0 aromatic heterocycles. The zero-order chi connectivity index (χ0) is 27.8. The Bertz CT molecular complexity index is 1230. The molecule has 2 amide bonds. The number of carbonyl (C=O) groups is 2. The van der Waals surface area contributed by atoms with E-state index in [0.29, 0.717) is 36.6 Å². The number of benzene rings is 2. The van der Waals surface area contributed by atoms with Crippen LogP contribution in [0.15, 0.2) is 48.5 Å². The Labute approximate surface area is 231 Å². The summed E-state index contributed by atoms with van der Waals surface area (Å²) < 4.78 is 37.3. The van der Waals surface area contributed by atoms with E-state index in [1.807, 2.05) is 37.3 Å². The third-order valence-electron chi connectivity index (χ3n) is 7.33. The van der Waals surface area contributed by atoms with Gasteiger partial charge in [-0.1, -0.05) is 56.5 Å². The number of amides is 2. The number of ether oxygens (including phenoxy) is 2. The highest BCUT2D eigenvalue weighted by Crippen LogP contribution is 2.36. The van der Waals surface area contributed by atoms with Crippen LogP contribution in [0.2, 0.25) is 0 Å². The van der Waals surface area contributed by atoms with E-state index in [4.69, 9.17) is 9.47 Å². The topological polar surface area (TPSA) is 105 Å². The van der Waals surface area contributed by atoms with Gasteiger partial charge in [0.05, 0.1) is 11.9 Å². The summed E-state index contributed by atoms with van der Waals surface area (Å²) in [5.41, 5.74) is 1.39. The van der Waals surface area contributed by atoms with Gasteiger partial charge in [-0.15, -0.1) is 0 Å². The van der Waals surface area contributed by atoms with Crippen LogP contribution in [0.1, 0.15) is 63.9 Å². The first-order valence-corrected chi connectivity index (χ1v) is 15.6. The van der Waals surface area contributed by atoms with E-state index < -0.39 is 16.1 Å². The fourth-order valence-corrected chi connectivity index (χ4v) is 6.25. The van der Waals surface area contributed by atoms with Crippen LogP contribution in [-0.2, 0) is 26.2 Å². The lowest BCUT2D eigenvalue weighted by Crippen LogP contribution is -2.51. The standard InChI is InChI=1S/C29H39N3O6S/c1-3-25(29(34)30-23-13-8-5-9-14-23)31(20-22-11-6-4-7-12-22)28(33)15-10-18-32(39(2,35)36)24-16-17-26-27(19-24)38-21-37-26/h4,6-7,11-12,16-17,19,23,25H,3,5,8-10,13-15,18,20-21H2,1-2H3,(H,30,34). The van der Waals surface area contributed by atoms with Crippen molar-refractivity contribution in [3.8, 4) is 11.5 Å². The average Bonchev–Trinajstić information content (AvgIpc) is 3.39. The van der Waals surface area contributed by atoms with Gasteiger partial charge in [-0.05, 0) is 43.4 Å². The van der Waals surface area contributed by atoms with Crippen molar-refractivity contribution in [2.75, 3.05) is 23.9 Å². The number of hydrogen-bond acceptors (Lipinski definition) is 6. The Morgan fingerprint density at radius 1 is 1.03 bits per heavy atom. The minimum atomic E-state index is -3.61. The highest BCUT2D eigenvalue weighted by molar-refractivity contribution is 7.92. The van der Waals surface area contributed by atoms with Gasteiger partial charge in [0.2, 0.25) is 28.6 Å². The number of nitrogens with one attached hydrogen (secondary N) is 1. The molecular weight excluding hydrogens is 518 g/mol. The molecule has 1 aliphatic heterocycles. The van der Waals surface area contributed by atoms with Gasteiger partial charge in [0.25, 0.3) is 0 Å². The predicted molar refractivity (Wildman–Crippen MR) is 150 cm³/mol. The molecule has 1 unspecified atom stereocenters. The molecule has 212 valence electrons. The second-order valence-corrected chi connectivity index (χ2v) is 12.2. The van der Waals surface area contributed by atoms with Crippen molar-refractivity contribution in [1.82, 2.24) is 10.2 Å². The van der Waals surface area contributed by atoms with E-state index >= 15 is 0 Å². The monoisotopic (exact) mass is 557 g/mol. The van der Waals surface area contributed by atoms with Crippen LogP contribution in [0.3, 0.4) is 0 Å². The van der Waals surface area contributed by atoms with Gasteiger partial charge < -0.3 is 19.7 Å². The molecule has 0 bridgehead atoms. The third-order valence-corrected chi connectivity index (χ3v) is 8.52. The molecule has 1 heterocycles.